The average Bonchev–Trinajstić information content (AvgIpc) is 2.89. The van der Waals surface area contributed by atoms with E-state index in [1.165, 1.54) is 44.9 Å². The van der Waals surface area contributed by atoms with E-state index in [9.17, 15) is 4.79 Å². The van der Waals surface area contributed by atoms with Gasteiger partial charge in [0.1, 0.15) is 6.10 Å². The molecule has 0 aromatic heterocycles. The Morgan fingerprint density at radius 3 is 2.72 bits per heavy atom. The van der Waals surface area contributed by atoms with Gasteiger partial charge in [0.15, 0.2) is 0 Å². The summed E-state index contributed by atoms with van der Waals surface area (Å²) in [4.78, 5) is 14.8. The first-order valence-corrected chi connectivity index (χ1v) is 10.4. The van der Waals surface area contributed by atoms with Gasteiger partial charge < -0.3 is 4.74 Å². The van der Waals surface area contributed by atoms with Gasteiger partial charge in [0.2, 0.25) is 0 Å². The topological polar surface area (TPSA) is 29.5 Å². The number of rotatable bonds is 2. The summed E-state index contributed by atoms with van der Waals surface area (Å²) >= 11 is 0. The van der Waals surface area contributed by atoms with Crippen LogP contribution in [0.5, 0.6) is 0 Å². The Kier molecular flexibility index (Phi) is 4.79. The number of likely N-dealkylation sites (tertiary alicyclic amines) is 1. The number of cyclic esters (lactones) is 1. The summed E-state index contributed by atoms with van der Waals surface area (Å²) in [6.45, 7) is 4.42. The molecule has 0 radical (unpaired) electrons. The molecule has 2 heterocycles. The summed E-state index contributed by atoms with van der Waals surface area (Å²) in [5, 5.41) is 0. The molecule has 0 spiro atoms. The minimum atomic E-state index is -0.0525. The first-order valence-electron chi connectivity index (χ1n) is 10.4. The fourth-order valence-corrected chi connectivity index (χ4v) is 5.88. The van der Waals surface area contributed by atoms with Crippen LogP contribution in [0.2, 0.25) is 0 Å². The highest BCUT2D eigenvalue weighted by atomic mass is 16.5. The van der Waals surface area contributed by atoms with Crippen molar-refractivity contribution in [1.82, 2.24) is 4.90 Å². The van der Waals surface area contributed by atoms with Gasteiger partial charge in [-0.3, -0.25) is 4.90 Å². The molecule has 4 aliphatic rings. The van der Waals surface area contributed by atoms with Crippen molar-refractivity contribution in [2.45, 2.75) is 77.0 Å². The maximum absolute atomic E-state index is 12.3. The van der Waals surface area contributed by atoms with Crippen LogP contribution < -0.4 is 0 Å². The predicted octanol–water partition coefficient (Wildman–Crippen LogP) is 4.34. The molecule has 3 fully saturated rings. The van der Waals surface area contributed by atoms with E-state index in [4.69, 9.17) is 4.74 Å². The second-order valence-corrected chi connectivity index (χ2v) is 8.85. The van der Waals surface area contributed by atoms with Gasteiger partial charge >= 0.3 is 5.97 Å². The van der Waals surface area contributed by atoms with Crippen LogP contribution in [0.3, 0.4) is 0 Å². The van der Waals surface area contributed by atoms with Gasteiger partial charge in [0.05, 0.1) is 0 Å². The number of nitrogens with zero attached hydrogens (tertiary/aromatic N) is 1. The molecule has 1 saturated carbocycles. The van der Waals surface area contributed by atoms with Gasteiger partial charge in [-0.15, -0.1) is 0 Å². The van der Waals surface area contributed by atoms with Gasteiger partial charge in [0, 0.05) is 23.6 Å². The molecule has 2 aliphatic heterocycles. The number of fused-ring (bicyclic) bond motifs is 2. The number of hydrogen-bond acceptors (Lipinski definition) is 3. The lowest BCUT2D eigenvalue weighted by atomic mass is 9.61. The summed E-state index contributed by atoms with van der Waals surface area (Å²) in [5.74, 6) is 1.97. The van der Waals surface area contributed by atoms with E-state index in [0.29, 0.717) is 29.8 Å². The SMILES string of the molecule is CC1OC(=O)C2=CC3CCCCC3C(C=CC3CCCC(C)N3C)C21. The van der Waals surface area contributed by atoms with E-state index in [0.717, 1.165) is 5.57 Å². The van der Waals surface area contributed by atoms with Crippen LogP contribution in [0.25, 0.3) is 0 Å². The second kappa shape index (κ2) is 6.90. The molecule has 4 rings (SSSR count). The average molecular weight is 344 g/mol. The zero-order valence-electron chi connectivity index (χ0n) is 16.0. The van der Waals surface area contributed by atoms with Crippen LogP contribution in [-0.2, 0) is 9.53 Å². The molecule has 3 nitrogen and oxygen atoms in total. The molecular formula is C22H33NO2. The lowest BCUT2D eigenvalue weighted by Crippen LogP contribution is -2.42. The van der Waals surface area contributed by atoms with Crippen molar-refractivity contribution in [2.24, 2.45) is 23.7 Å². The highest BCUT2D eigenvalue weighted by Gasteiger charge is 2.49. The molecule has 3 heteroatoms. The molecule has 0 aromatic carbocycles. The van der Waals surface area contributed by atoms with Crippen LogP contribution in [-0.4, -0.2) is 36.1 Å². The van der Waals surface area contributed by atoms with Crippen molar-refractivity contribution in [3.05, 3.63) is 23.8 Å². The van der Waals surface area contributed by atoms with Gasteiger partial charge in [0.25, 0.3) is 0 Å². The van der Waals surface area contributed by atoms with Crippen LogP contribution in [0.1, 0.15) is 58.8 Å². The van der Waals surface area contributed by atoms with E-state index in [-0.39, 0.29) is 18.0 Å². The van der Waals surface area contributed by atoms with Crippen LogP contribution in [0.15, 0.2) is 23.8 Å². The van der Waals surface area contributed by atoms with Gasteiger partial charge in [-0.1, -0.05) is 37.5 Å². The van der Waals surface area contributed by atoms with Crippen molar-refractivity contribution in [3.8, 4) is 0 Å². The Hall–Kier alpha value is -1.09. The molecule has 2 saturated heterocycles. The molecule has 0 bridgehead atoms. The lowest BCUT2D eigenvalue weighted by molar-refractivity contribution is -0.138. The smallest absolute Gasteiger partial charge is 0.334 e. The third-order valence-corrected chi connectivity index (χ3v) is 7.47. The molecule has 0 N–H and O–H groups in total. The highest BCUT2D eigenvalue weighted by Crippen LogP contribution is 2.50. The highest BCUT2D eigenvalue weighted by molar-refractivity contribution is 5.92. The van der Waals surface area contributed by atoms with Crippen molar-refractivity contribution in [2.75, 3.05) is 7.05 Å². The molecular weight excluding hydrogens is 310 g/mol. The fraction of sp³-hybridized carbons (Fsp3) is 0.773. The Bertz CT molecular complexity index is 581. The molecule has 138 valence electrons. The van der Waals surface area contributed by atoms with E-state index in [1.807, 2.05) is 0 Å². The van der Waals surface area contributed by atoms with Crippen molar-refractivity contribution in [3.63, 3.8) is 0 Å². The number of ether oxygens (including phenoxy) is 1. The Labute approximate surface area is 152 Å². The quantitative estimate of drug-likeness (QED) is 0.552. The normalized spacial score (nSPS) is 45.0. The van der Waals surface area contributed by atoms with Crippen LogP contribution in [0, 0.1) is 23.7 Å². The molecule has 2 aliphatic carbocycles. The molecule has 7 unspecified atom stereocenters. The standard InChI is InChI=1S/C22H33NO2/c1-14-7-6-9-17(23(14)3)11-12-19-18-10-5-4-8-16(18)13-20-21(19)15(2)25-22(20)24/h11-19,21H,4-10H2,1-3H3. The van der Waals surface area contributed by atoms with E-state index in [1.54, 1.807) is 0 Å². The summed E-state index contributed by atoms with van der Waals surface area (Å²) in [7, 11) is 2.26. The maximum atomic E-state index is 12.3. The lowest BCUT2D eigenvalue weighted by Gasteiger charge is -2.42. The van der Waals surface area contributed by atoms with E-state index < -0.39 is 0 Å². The summed E-state index contributed by atoms with van der Waals surface area (Å²) < 4.78 is 5.62. The number of carbonyl (C=O) groups is 1. The predicted molar refractivity (Wildman–Crippen MR) is 100 cm³/mol. The first kappa shape index (κ1) is 17.3. The fourth-order valence-electron chi connectivity index (χ4n) is 5.88. The zero-order chi connectivity index (χ0) is 17.6. The number of carbonyl (C=O) groups excluding carboxylic acids is 1. The van der Waals surface area contributed by atoms with Gasteiger partial charge in [-0.25, -0.2) is 4.79 Å². The number of piperidine rings is 1. The van der Waals surface area contributed by atoms with Crippen LogP contribution >= 0.6 is 0 Å². The summed E-state index contributed by atoms with van der Waals surface area (Å²) in [6, 6.07) is 1.22. The number of allylic oxidation sites excluding steroid dienone is 2. The minimum absolute atomic E-state index is 0.0271. The van der Waals surface area contributed by atoms with E-state index in [2.05, 4.69) is 44.0 Å². The van der Waals surface area contributed by atoms with Crippen molar-refractivity contribution < 1.29 is 9.53 Å². The Morgan fingerprint density at radius 1 is 1.08 bits per heavy atom. The molecule has 25 heavy (non-hydrogen) atoms. The van der Waals surface area contributed by atoms with Gasteiger partial charge in [-0.05, 0) is 64.3 Å². The summed E-state index contributed by atoms with van der Waals surface area (Å²) in [5.41, 5.74) is 0.982. The third-order valence-electron chi connectivity index (χ3n) is 7.47. The number of esters is 1. The monoisotopic (exact) mass is 343 g/mol. The van der Waals surface area contributed by atoms with Gasteiger partial charge in [-0.2, -0.15) is 0 Å². The molecule has 0 amide bonds. The Balaban J connectivity index is 1.60. The largest absolute Gasteiger partial charge is 0.459 e. The van der Waals surface area contributed by atoms with Crippen molar-refractivity contribution in [1.29, 1.82) is 0 Å². The molecule has 7 atom stereocenters. The first-order chi connectivity index (χ1) is 12.1. The second-order valence-electron chi connectivity index (χ2n) is 8.85. The third kappa shape index (κ3) is 3.09. The molecule has 0 aromatic rings. The Morgan fingerprint density at radius 2 is 1.88 bits per heavy atom. The van der Waals surface area contributed by atoms with Crippen molar-refractivity contribution >= 4 is 5.97 Å². The van der Waals surface area contributed by atoms with E-state index >= 15 is 0 Å². The number of likely N-dealkylation sites (N-methyl/N-ethyl adjacent to an activating group) is 1. The summed E-state index contributed by atoms with van der Waals surface area (Å²) in [6.07, 6.45) is 16.3. The van der Waals surface area contributed by atoms with Crippen LogP contribution in [0.4, 0.5) is 0 Å². The zero-order valence-corrected chi connectivity index (χ0v) is 16.0. The number of hydrogen-bond donors (Lipinski definition) is 0. The maximum Gasteiger partial charge on any atom is 0.334 e. The minimum Gasteiger partial charge on any atom is -0.459 e.